The maximum atomic E-state index is 13.4. The maximum Gasteiger partial charge on any atom is 0.230 e. The molecule has 21 heavy (non-hydrogen) atoms. The van der Waals surface area contributed by atoms with Crippen LogP contribution < -0.4 is 15.4 Å². The Morgan fingerprint density at radius 1 is 1.43 bits per heavy atom. The van der Waals surface area contributed by atoms with Gasteiger partial charge in [-0.05, 0) is 44.5 Å². The Morgan fingerprint density at radius 3 is 2.76 bits per heavy atom. The van der Waals surface area contributed by atoms with Gasteiger partial charge in [-0.2, -0.15) is 0 Å². The molecule has 0 aliphatic carbocycles. The van der Waals surface area contributed by atoms with Crippen molar-refractivity contribution in [1.82, 2.24) is 5.32 Å². The van der Waals surface area contributed by atoms with Gasteiger partial charge in [-0.1, -0.05) is 13.3 Å². The first-order valence-corrected chi connectivity index (χ1v) is 7.47. The van der Waals surface area contributed by atoms with Crippen LogP contribution in [0.15, 0.2) is 18.2 Å². The standard InChI is InChI=1S/C16H23FN2O2/c1-3-6-16(7-9-18-10-8-16)15(20)19-12-4-5-13(17)14(11-12)21-2/h4-5,11,18H,3,6-10H2,1-2H3,(H,19,20). The molecule has 1 aliphatic rings. The van der Waals surface area contributed by atoms with E-state index in [2.05, 4.69) is 17.6 Å². The average Bonchev–Trinajstić information content (AvgIpc) is 2.50. The Hall–Kier alpha value is -1.62. The average molecular weight is 294 g/mol. The van der Waals surface area contributed by atoms with E-state index < -0.39 is 5.82 Å². The largest absolute Gasteiger partial charge is 0.494 e. The molecule has 1 heterocycles. The fourth-order valence-corrected chi connectivity index (χ4v) is 2.98. The lowest BCUT2D eigenvalue weighted by Crippen LogP contribution is -2.44. The highest BCUT2D eigenvalue weighted by Gasteiger charge is 2.38. The van der Waals surface area contributed by atoms with Crippen molar-refractivity contribution in [3.05, 3.63) is 24.0 Å². The first-order valence-electron chi connectivity index (χ1n) is 7.47. The van der Waals surface area contributed by atoms with Crippen LogP contribution in [0.1, 0.15) is 32.6 Å². The van der Waals surface area contributed by atoms with Crippen molar-refractivity contribution < 1.29 is 13.9 Å². The van der Waals surface area contributed by atoms with Crippen LogP contribution in [-0.2, 0) is 4.79 Å². The number of carbonyl (C=O) groups excluding carboxylic acids is 1. The minimum Gasteiger partial charge on any atom is -0.494 e. The van der Waals surface area contributed by atoms with Gasteiger partial charge >= 0.3 is 0 Å². The lowest BCUT2D eigenvalue weighted by Gasteiger charge is -2.36. The van der Waals surface area contributed by atoms with Crippen LogP contribution in [-0.4, -0.2) is 26.1 Å². The topological polar surface area (TPSA) is 50.4 Å². The van der Waals surface area contributed by atoms with Gasteiger partial charge in [0.05, 0.1) is 12.5 Å². The molecule has 2 N–H and O–H groups in total. The van der Waals surface area contributed by atoms with Gasteiger partial charge in [0.25, 0.3) is 0 Å². The quantitative estimate of drug-likeness (QED) is 0.878. The lowest BCUT2D eigenvalue weighted by molar-refractivity contribution is -0.127. The molecule has 1 aromatic carbocycles. The highest BCUT2D eigenvalue weighted by Crippen LogP contribution is 2.35. The van der Waals surface area contributed by atoms with Gasteiger partial charge in [-0.3, -0.25) is 4.79 Å². The van der Waals surface area contributed by atoms with Crippen molar-refractivity contribution in [2.75, 3.05) is 25.5 Å². The zero-order valence-electron chi connectivity index (χ0n) is 12.7. The molecule has 1 fully saturated rings. The minimum absolute atomic E-state index is 0.0273. The number of amides is 1. The van der Waals surface area contributed by atoms with E-state index in [0.29, 0.717) is 5.69 Å². The molecule has 0 bridgehead atoms. The van der Waals surface area contributed by atoms with Crippen LogP contribution in [0.25, 0.3) is 0 Å². The fraction of sp³-hybridized carbons (Fsp3) is 0.562. The zero-order chi connectivity index (χ0) is 15.3. The van der Waals surface area contributed by atoms with Crippen molar-refractivity contribution in [2.45, 2.75) is 32.6 Å². The smallest absolute Gasteiger partial charge is 0.230 e. The Bertz CT molecular complexity index is 494. The molecule has 5 heteroatoms. The molecular formula is C16H23FN2O2. The van der Waals surface area contributed by atoms with E-state index in [0.717, 1.165) is 38.8 Å². The molecule has 1 amide bonds. The van der Waals surface area contributed by atoms with Gasteiger partial charge in [0, 0.05) is 11.8 Å². The van der Waals surface area contributed by atoms with E-state index in [-0.39, 0.29) is 17.1 Å². The van der Waals surface area contributed by atoms with Crippen LogP contribution in [0, 0.1) is 11.2 Å². The summed E-state index contributed by atoms with van der Waals surface area (Å²) in [6, 6.07) is 4.40. The molecule has 1 saturated heterocycles. The molecule has 1 aliphatic heterocycles. The number of hydrogen-bond donors (Lipinski definition) is 2. The summed E-state index contributed by atoms with van der Waals surface area (Å²) in [5, 5.41) is 6.22. The summed E-state index contributed by atoms with van der Waals surface area (Å²) >= 11 is 0. The highest BCUT2D eigenvalue weighted by molar-refractivity contribution is 5.95. The van der Waals surface area contributed by atoms with Gasteiger partial charge < -0.3 is 15.4 Å². The van der Waals surface area contributed by atoms with Gasteiger partial charge in [-0.25, -0.2) is 4.39 Å². The normalized spacial score (nSPS) is 17.3. The third-order valence-corrected chi connectivity index (χ3v) is 4.18. The number of piperidine rings is 1. The summed E-state index contributed by atoms with van der Waals surface area (Å²) in [5.74, 6) is -0.261. The summed E-state index contributed by atoms with van der Waals surface area (Å²) in [7, 11) is 1.41. The van der Waals surface area contributed by atoms with E-state index in [1.54, 1.807) is 6.07 Å². The second kappa shape index (κ2) is 6.89. The number of anilines is 1. The number of rotatable bonds is 5. The SMILES string of the molecule is CCCC1(C(=O)Nc2ccc(F)c(OC)c2)CCNCC1. The molecule has 4 nitrogen and oxygen atoms in total. The molecular weight excluding hydrogens is 271 g/mol. The lowest BCUT2D eigenvalue weighted by atomic mass is 9.74. The number of nitrogens with one attached hydrogen (secondary N) is 2. The number of benzene rings is 1. The second-order valence-electron chi connectivity index (χ2n) is 5.58. The van der Waals surface area contributed by atoms with Crippen LogP contribution in [0.5, 0.6) is 5.75 Å². The van der Waals surface area contributed by atoms with E-state index in [4.69, 9.17) is 4.74 Å². The first-order chi connectivity index (χ1) is 10.1. The first kappa shape index (κ1) is 15.8. The van der Waals surface area contributed by atoms with Crippen molar-refractivity contribution in [3.63, 3.8) is 0 Å². The van der Waals surface area contributed by atoms with E-state index in [1.807, 2.05) is 0 Å². The van der Waals surface area contributed by atoms with Gasteiger partial charge in [0.15, 0.2) is 11.6 Å². The van der Waals surface area contributed by atoms with E-state index >= 15 is 0 Å². The van der Waals surface area contributed by atoms with Gasteiger partial charge in [0.2, 0.25) is 5.91 Å². The molecule has 0 unspecified atom stereocenters. The molecule has 0 radical (unpaired) electrons. The Kier molecular flexibility index (Phi) is 5.17. The number of ether oxygens (including phenoxy) is 1. The number of halogens is 1. The second-order valence-corrected chi connectivity index (χ2v) is 5.58. The molecule has 0 spiro atoms. The predicted octanol–water partition coefficient (Wildman–Crippen LogP) is 2.94. The number of hydrogen-bond acceptors (Lipinski definition) is 3. The molecule has 116 valence electrons. The van der Waals surface area contributed by atoms with Crippen LogP contribution in [0.3, 0.4) is 0 Å². The highest BCUT2D eigenvalue weighted by atomic mass is 19.1. The summed E-state index contributed by atoms with van der Waals surface area (Å²) in [5.41, 5.74) is 0.258. The summed E-state index contributed by atoms with van der Waals surface area (Å²) < 4.78 is 18.4. The van der Waals surface area contributed by atoms with Crippen LogP contribution in [0.2, 0.25) is 0 Å². The molecule has 2 rings (SSSR count). The third-order valence-electron chi connectivity index (χ3n) is 4.18. The fourth-order valence-electron chi connectivity index (χ4n) is 2.98. The molecule has 0 saturated carbocycles. The summed E-state index contributed by atoms with van der Waals surface area (Å²) in [6.45, 7) is 3.82. The van der Waals surface area contributed by atoms with Gasteiger partial charge in [-0.15, -0.1) is 0 Å². The molecule has 0 atom stereocenters. The Morgan fingerprint density at radius 2 is 2.14 bits per heavy atom. The van der Waals surface area contributed by atoms with Crippen LogP contribution in [0.4, 0.5) is 10.1 Å². The predicted molar refractivity (Wildman–Crippen MR) is 81.0 cm³/mol. The number of carbonyl (C=O) groups is 1. The van der Waals surface area contributed by atoms with Crippen molar-refractivity contribution in [2.24, 2.45) is 5.41 Å². The summed E-state index contributed by atoms with van der Waals surface area (Å²) in [6.07, 6.45) is 3.52. The van der Waals surface area contributed by atoms with Crippen LogP contribution >= 0.6 is 0 Å². The Balaban J connectivity index is 2.15. The monoisotopic (exact) mass is 294 g/mol. The van der Waals surface area contributed by atoms with E-state index in [1.165, 1.54) is 19.2 Å². The minimum atomic E-state index is -0.430. The Labute approximate surface area is 125 Å². The third kappa shape index (κ3) is 3.53. The van der Waals surface area contributed by atoms with Crippen molar-refractivity contribution in [3.8, 4) is 5.75 Å². The van der Waals surface area contributed by atoms with E-state index in [9.17, 15) is 9.18 Å². The van der Waals surface area contributed by atoms with Crippen molar-refractivity contribution in [1.29, 1.82) is 0 Å². The zero-order valence-corrected chi connectivity index (χ0v) is 12.7. The molecule has 0 aromatic heterocycles. The van der Waals surface area contributed by atoms with Gasteiger partial charge in [0.1, 0.15) is 0 Å². The van der Waals surface area contributed by atoms with Crippen molar-refractivity contribution >= 4 is 11.6 Å². The molecule has 1 aromatic rings. The number of methoxy groups -OCH3 is 1. The maximum absolute atomic E-state index is 13.4. The summed E-state index contributed by atoms with van der Waals surface area (Å²) in [4.78, 5) is 12.7.